The fourth-order valence-corrected chi connectivity index (χ4v) is 4.39. The van der Waals surface area contributed by atoms with Crippen LogP contribution in [0.1, 0.15) is 73.1 Å². The van der Waals surface area contributed by atoms with E-state index in [0.29, 0.717) is 18.6 Å². The lowest BCUT2D eigenvalue weighted by Crippen LogP contribution is -2.60. The van der Waals surface area contributed by atoms with E-state index in [1.54, 1.807) is 0 Å². The first-order valence-corrected chi connectivity index (χ1v) is 8.80. The van der Waals surface area contributed by atoms with Gasteiger partial charge in [-0.1, -0.05) is 13.3 Å². The first-order valence-electron chi connectivity index (χ1n) is 8.80. The van der Waals surface area contributed by atoms with Crippen LogP contribution in [0.25, 0.3) is 0 Å². The number of hydrogen-bond donors (Lipinski definition) is 1. The van der Waals surface area contributed by atoms with Crippen molar-refractivity contribution in [2.45, 2.75) is 96.4 Å². The van der Waals surface area contributed by atoms with Crippen LogP contribution in [0, 0.1) is 5.92 Å². The maximum atomic E-state index is 10.4. The van der Waals surface area contributed by atoms with Gasteiger partial charge in [0.15, 0.2) is 0 Å². The number of β-amino-alcohol motifs (C(OH)–C–C–N with tert-alkyl or cyclic N) is 1. The second-order valence-electron chi connectivity index (χ2n) is 8.52. The zero-order chi connectivity index (χ0) is 15.7. The minimum atomic E-state index is -0.380. The summed E-state index contributed by atoms with van der Waals surface area (Å²) in [6, 6.07) is 0. The average Bonchev–Trinajstić information content (AvgIpc) is 2.77. The molecule has 1 saturated heterocycles. The number of ether oxygens (including phenoxy) is 1. The van der Waals surface area contributed by atoms with Crippen molar-refractivity contribution in [3.05, 3.63) is 0 Å². The van der Waals surface area contributed by atoms with Gasteiger partial charge in [0.25, 0.3) is 0 Å². The Morgan fingerprint density at radius 3 is 2.24 bits per heavy atom. The zero-order valence-corrected chi connectivity index (χ0v) is 14.7. The van der Waals surface area contributed by atoms with Crippen molar-refractivity contribution in [1.29, 1.82) is 0 Å². The Bertz CT molecular complexity index is 324. The molecule has 1 saturated carbocycles. The van der Waals surface area contributed by atoms with Gasteiger partial charge in [0.1, 0.15) is 0 Å². The molecule has 0 amide bonds. The Hall–Kier alpha value is -0.120. The van der Waals surface area contributed by atoms with Crippen LogP contribution < -0.4 is 0 Å². The number of nitrogens with zero attached hydrogens (tertiary/aromatic N) is 1. The van der Waals surface area contributed by atoms with E-state index in [4.69, 9.17) is 4.74 Å². The molecule has 0 aromatic carbocycles. The van der Waals surface area contributed by atoms with Gasteiger partial charge in [-0.05, 0) is 65.7 Å². The molecule has 0 bridgehead atoms. The molecule has 3 nitrogen and oxygen atoms in total. The lowest BCUT2D eigenvalue weighted by Gasteiger charge is -2.53. The molecule has 21 heavy (non-hydrogen) atoms. The molecular weight excluding hydrogens is 262 g/mol. The lowest BCUT2D eigenvalue weighted by molar-refractivity contribution is -0.0819. The first kappa shape index (κ1) is 17.2. The van der Waals surface area contributed by atoms with E-state index in [-0.39, 0.29) is 17.2 Å². The molecule has 3 unspecified atom stereocenters. The molecule has 3 atom stereocenters. The number of likely N-dealkylation sites (tertiary alicyclic amines) is 1. The van der Waals surface area contributed by atoms with Crippen LogP contribution in [0.3, 0.4) is 0 Å². The largest absolute Gasteiger partial charge is 0.389 e. The van der Waals surface area contributed by atoms with Crippen molar-refractivity contribution in [3.8, 4) is 0 Å². The molecule has 124 valence electrons. The SMILES string of the molecule is CC1CCCC1OCC(O)CN1C(C)(C)CCCC1(C)C. The monoisotopic (exact) mass is 297 g/mol. The van der Waals surface area contributed by atoms with Crippen LogP contribution in [0.4, 0.5) is 0 Å². The topological polar surface area (TPSA) is 32.7 Å². The smallest absolute Gasteiger partial charge is 0.0900 e. The Labute approximate surface area is 131 Å². The van der Waals surface area contributed by atoms with Crippen molar-refractivity contribution in [1.82, 2.24) is 4.90 Å². The molecular formula is C18H35NO2. The summed E-state index contributed by atoms with van der Waals surface area (Å²) in [5.41, 5.74) is 0.340. The van der Waals surface area contributed by atoms with E-state index in [1.165, 1.54) is 32.1 Å². The molecule has 1 aliphatic carbocycles. The highest BCUT2D eigenvalue weighted by molar-refractivity contribution is 4.97. The number of piperidine rings is 1. The maximum Gasteiger partial charge on any atom is 0.0900 e. The molecule has 2 aliphatic rings. The number of rotatable bonds is 5. The maximum absolute atomic E-state index is 10.4. The fraction of sp³-hybridized carbons (Fsp3) is 1.00. The molecule has 2 rings (SSSR count). The van der Waals surface area contributed by atoms with Crippen LogP contribution in [-0.4, -0.2) is 46.4 Å². The molecule has 0 aromatic rings. The van der Waals surface area contributed by atoms with Crippen molar-refractivity contribution >= 4 is 0 Å². The minimum Gasteiger partial charge on any atom is -0.389 e. The van der Waals surface area contributed by atoms with E-state index < -0.39 is 0 Å². The number of hydrogen-bond acceptors (Lipinski definition) is 3. The van der Waals surface area contributed by atoms with Crippen LogP contribution >= 0.6 is 0 Å². The molecule has 0 spiro atoms. The van der Waals surface area contributed by atoms with Crippen molar-refractivity contribution < 1.29 is 9.84 Å². The van der Waals surface area contributed by atoms with Gasteiger partial charge in [0.05, 0.1) is 18.8 Å². The first-order chi connectivity index (χ1) is 9.72. The van der Waals surface area contributed by atoms with Crippen LogP contribution in [0.2, 0.25) is 0 Å². The summed E-state index contributed by atoms with van der Waals surface area (Å²) < 4.78 is 5.98. The van der Waals surface area contributed by atoms with Crippen molar-refractivity contribution in [2.75, 3.05) is 13.2 Å². The van der Waals surface area contributed by atoms with E-state index >= 15 is 0 Å². The second kappa shape index (κ2) is 6.55. The van der Waals surface area contributed by atoms with Crippen molar-refractivity contribution in [3.63, 3.8) is 0 Å². The fourth-order valence-electron chi connectivity index (χ4n) is 4.39. The Morgan fingerprint density at radius 1 is 1.10 bits per heavy atom. The number of aliphatic hydroxyl groups excluding tert-OH is 1. The summed E-state index contributed by atoms with van der Waals surface area (Å²) in [5, 5.41) is 10.4. The van der Waals surface area contributed by atoms with Gasteiger partial charge in [-0.25, -0.2) is 0 Å². The van der Waals surface area contributed by atoms with Crippen LogP contribution in [0.15, 0.2) is 0 Å². The summed E-state index contributed by atoms with van der Waals surface area (Å²) in [4.78, 5) is 2.50. The molecule has 2 fully saturated rings. The second-order valence-corrected chi connectivity index (χ2v) is 8.52. The lowest BCUT2D eigenvalue weighted by atomic mass is 9.79. The third-order valence-electron chi connectivity index (χ3n) is 5.72. The van der Waals surface area contributed by atoms with Crippen molar-refractivity contribution in [2.24, 2.45) is 5.92 Å². The van der Waals surface area contributed by atoms with E-state index in [9.17, 15) is 5.11 Å². The van der Waals surface area contributed by atoms with Gasteiger partial charge in [0, 0.05) is 17.6 Å². The Morgan fingerprint density at radius 2 is 1.71 bits per heavy atom. The predicted molar refractivity (Wildman–Crippen MR) is 87.5 cm³/mol. The van der Waals surface area contributed by atoms with Crippen LogP contribution in [-0.2, 0) is 4.74 Å². The van der Waals surface area contributed by atoms with E-state index in [1.807, 2.05) is 0 Å². The Kier molecular flexibility index (Phi) is 5.38. The van der Waals surface area contributed by atoms with Gasteiger partial charge in [-0.2, -0.15) is 0 Å². The quantitative estimate of drug-likeness (QED) is 0.841. The summed E-state index contributed by atoms with van der Waals surface area (Å²) in [6.07, 6.45) is 7.39. The molecule has 1 heterocycles. The highest BCUT2D eigenvalue weighted by atomic mass is 16.5. The van der Waals surface area contributed by atoms with Gasteiger partial charge in [-0.3, -0.25) is 4.90 Å². The summed E-state index contributed by atoms with van der Waals surface area (Å²) >= 11 is 0. The molecule has 3 heteroatoms. The Balaban J connectivity index is 1.86. The highest BCUT2D eigenvalue weighted by Gasteiger charge is 2.41. The summed E-state index contributed by atoms with van der Waals surface area (Å²) in [6.45, 7) is 12.7. The van der Waals surface area contributed by atoms with Gasteiger partial charge < -0.3 is 9.84 Å². The molecule has 0 aromatic heterocycles. The standard InChI is InChI=1S/C18H35NO2/c1-14-8-6-9-16(14)21-13-15(20)12-19-17(2,3)10-7-11-18(19,4)5/h14-16,20H,6-13H2,1-5H3. The predicted octanol–water partition coefficient (Wildman–Crippen LogP) is 3.60. The third kappa shape index (κ3) is 4.20. The van der Waals surface area contributed by atoms with Crippen LogP contribution in [0.5, 0.6) is 0 Å². The molecule has 0 radical (unpaired) electrons. The molecule has 1 aliphatic heterocycles. The normalized spacial score (nSPS) is 34.0. The number of aliphatic hydroxyl groups is 1. The average molecular weight is 297 g/mol. The summed E-state index contributed by atoms with van der Waals surface area (Å²) in [7, 11) is 0. The highest BCUT2D eigenvalue weighted by Crippen LogP contribution is 2.38. The summed E-state index contributed by atoms with van der Waals surface area (Å²) in [5.74, 6) is 0.653. The van der Waals surface area contributed by atoms with Gasteiger partial charge in [-0.15, -0.1) is 0 Å². The van der Waals surface area contributed by atoms with E-state index in [2.05, 4.69) is 39.5 Å². The van der Waals surface area contributed by atoms with Gasteiger partial charge >= 0.3 is 0 Å². The molecule has 1 N–H and O–H groups in total. The van der Waals surface area contributed by atoms with Gasteiger partial charge in [0.2, 0.25) is 0 Å². The minimum absolute atomic E-state index is 0.170. The third-order valence-corrected chi connectivity index (χ3v) is 5.72. The van der Waals surface area contributed by atoms with E-state index in [0.717, 1.165) is 13.0 Å². The zero-order valence-electron chi connectivity index (χ0n) is 14.7.